The number of alkyl halides is 3. The normalized spacial score (nSPS) is 22.3. The molecule has 0 saturated carbocycles. The largest absolute Gasteiger partial charge is 0.465 e. The molecule has 1 aromatic rings. The van der Waals surface area contributed by atoms with E-state index in [4.69, 9.17) is 5.11 Å². The van der Waals surface area contributed by atoms with Gasteiger partial charge in [-0.15, -0.1) is 0 Å². The average Bonchev–Trinajstić information content (AvgIpc) is 2.69. The lowest BCUT2D eigenvalue weighted by Crippen LogP contribution is -2.61. The Balaban J connectivity index is 1.61. The number of amides is 4. The van der Waals surface area contributed by atoms with Crippen molar-refractivity contribution < 1.29 is 37.5 Å². The summed E-state index contributed by atoms with van der Waals surface area (Å²) in [7, 11) is 0. The van der Waals surface area contributed by atoms with Gasteiger partial charge >= 0.3 is 12.3 Å². The van der Waals surface area contributed by atoms with Crippen LogP contribution in [0.4, 0.5) is 29.3 Å². The number of benzene rings is 1. The first-order valence-corrected chi connectivity index (χ1v) is 9.81. The molecule has 2 aliphatic rings. The van der Waals surface area contributed by atoms with E-state index in [-0.39, 0.29) is 25.4 Å². The molecule has 0 radical (unpaired) electrons. The lowest BCUT2D eigenvalue weighted by atomic mass is 10.1. The van der Waals surface area contributed by atoms with Gasteiger partial charge in [0.25, 0.3) is 0 Å². The van der Waals surface area contributed by atoms with E-state index in [2.05, 4.69) is 16.0 Å². The molecule has 13 heteroatoms. The summed E-state index contributed by atoms with van der Waals surface area (Å²) in [6.07, 6.45) is -5.64. The van der Waals surface area contributed by atoms with E-state index in [0.29, 0.717) is 22.7 Å². The quantitative estimate of drug-likeness (QED) is 0.487. The van der Waals surface area contributed by atoms with Crippen LogP contribution in [0.3, 0.4) is 0 Å². The van der Waals surface area contributed by atoms with Crippen LogP contribution in [-0.4, -0.2) is 83.2 Å². The highest BCUT2D eigenvalue weighted by Gasteiger charge is 2.47. The zero-order chi connectivity index (χ0) is 23.5. The Morgan fingerprint density at radius 1 is 1.19 bits per heavy atom. The Kier molecular flexibility index (Phi) is 6.87. The highest BCUT2D eigenvalue weighted by atomic mass is 19.4. The second-order valence-corrected chi connectivity index (χ2v) is 7.53. The highest BCUT2D eigenvalue weighted by molar-refractivity contribution is 6.01. The van der Waals surface area contributed by atoms with Gasteiger partial charge in [0.1, 0.15) is 12.1 Å². The van der Waals surface area contributed by atoms with Crippen molar-refractivity contribution in [1.29, 1.82) is 0 Å². The van der Waals surface area contributed by atoms with Crippen molar-refractivity contribution in [2.45, 2.75) is 31.1 Å². The maximum Gasteiger partial charge on any atom is 0.407 e. The predicted molar refractivity (Wildman–Crippen MR) is 106 cm³/mol. The summed E-state index contributed by atoms with van der Waals surface area (Å²) in [5, 5.41) is 16.7. The van der Waals surface area contributed by atoms with Gasteiger partial charge in [-0.25, -0.2) is 4.79 Å². The minimum Gasteiger partial charge on any atom is -0.465 e. The Bertz CT molecular complexity index is 910. The predicted octanol–water partition coefficient (Wildman–Crippen LogP) is 1.07. The van der Waals surface area contributed by atoms with Crippen LogP contribution in [0.5, 0.6) is 0 Å². The molecule has 0 spiro atoms. The lowest BCUT2D eigenvalue weighted by molar-refractivity contribution is -0.194. The van der Waals surface area contributed by atoms with Crippen LogP contribution in [0, 0.1) is 0 Å². The van der Waals surface area contributed by atoms with E-state index in [1.807, 2.05) is 0 Å². The zero-order valence-corrected chi connectivity index (χ0v) is 16.8. The number of hydrogen-bond acceptors (Lipinski definition) is 6. The molecule has 2 saturated heterocycles. The average molecular weight is 457 g/mol. The fraction of sp³-hybridized carbons (Fsp3) is 0.474. The maximum absolute atomic E-state index is 13.4. The van der Waals surface area contributed by atoms with Crippen LogP contribution in [0.2, 0.25) is 0 Å². The second kappa shape index (κ2) is 9.42. The SMILES string of the molecule is O=C1CCC(Nc2cccc(NC(=O)CN3CCN(C(=O)O)C[C@H]3C(F)(F)F)c2)C(=O)N1. The van der Waals surface area contributed by atoms with Crippen molar-refractivity contribution in [3.05, 3.63) is 24.3 Å². The van der Waals surface area contributed by atoms with Crippen molar-refractivity contribution in [2.24, 2.45) is 0 Å². The molecule has 2 aliphatic heterocycles. The van der Waals surface area contributed by atoms with E-state index >= 15 is 0 Å². The van der Waals surface area contributed by atoms with Crippen molar-refractivity contribution in [2.75, 3.05) is 36.8 Å². The standard InChI is InChI=1S/C19H22F3N5O5/c20-19(21,22)14-9-27(18(31)32)7-6-26(14)10-16(29)24-12-3-1-2-11(8-12)23-13-4-5-15(28)25-17(13)30/h1-3,8,13-14,23H,4-7,9-10H2,(H,24,29)(H,31,32)(H,25,28,30)/t13?,14-/m0/s1. The minimum atomic E-state index is -4.69. The van der Waals surface area contributed by atoms with Crippen molar-refractivity contribution in [1.82, 2.24) is 15.1 Å². The molecule has 0 aromatic heterocycles. The molecular formula is C19H22F3N5O5. The van der Waals surface area contributed by atoms with Crippen LogP contribution in [0.25, 0.3) is 0 Å². The number of carbonyl (C=O) groups excluding carboxylic acids is 3. The Morgan fingerprint density at radius 2 is 1.91 bits per heavy atom. The number of piperazine rings is 1. The van der Waals surface area contributed by atoms with E-state index in [1.54, 1.807) is 12.1 Å². The number of nitrogens with one attached hydrogen (secondary N) is 3. The molecule has 1 aromatic carbocycles. The van der Waals surface area contributed by atoms with Crippen molar-refractivity contribution in [3.63, 3.8) is 0 Å². The molecule has 1 unspecified atom stereocenters. The van der Waals surface area contributed by atoms with Gasteiger partial charge in [-0.3, -0.25) is 24.6 Å². The van der Waals surface area contributed by atoms with Gasteiger partial charge in [-0.2, -0.15) is 13.2 Å². The third-order valence-electron chi connectivity index (χ3n) is 5.21. The number of hydrogen-bond donors (Lipinski definition) is 4. The summed E-state index contributed by atoms with van der Waals surface area (Å²) < 4.78 is 40.1. The first-order chi connectivity index (χ1) is 15.0. The minimum absolute atomic E-state index is 0.138. The monoisotopic (exact) mass is 457 g/mol. The molecule has 2 heterocycles. The number of halogens is 3. The molecule has 174 valence electrons. The summed E-state index contributed by atoms with van der Waals surface area (Å²) in [5.74, 6) is -1.51. The molecule has 4 N–H and O–H groups in total. The Morgan fingerprint density at radius 3 is 2.56 bits per heavy atom. The second-order valence-electron chi connectivity index (χ2n) is 7.53. The van der Waals surface area contributed by atoms with Crippen LogP contribution in [0.15, 0.2) is 24.3 Å². The summed E-state index contributed by atoms with van der Waals surface area (Å²) in [4.78, 5) is 48.1. The lowest BCUT2D eigenvalue weighted by Gasteiger charge is -2.40. The van der Waals surface area contributed by atoms with Gasteiger partial charge in [0.15, 0.2) is 0 Å². The number of carbonyl (C=O) groups is 4. The van der Waals surface area contributed by atoms with E-state index in [1.165, 1.54) is 12.1 Å². The van der Waals surface area contributed by atoms with Gasteiger partial charge in [-0.05, 0) is 24.6 Å². The summed E-state index contributed by atoms with van der Waals surface area (Å²) in [5.41, 5.74) is 0.792. The molecule has 0 aliphatic carbocycles. The van der Waals surface area contributed by atoms with Crippen LogP contribution < -0.4 is 16.0 Å². The fourth-order valence-corrected chi connectivity index (χ4v) is 3.60. The maximum atomic E-state index is 13.4. The van der Waals surface area contributed by atoms with Crippen molar-refractivity contribution in [3.8, 4) is 0 Å². The number of carboxylic acid groups (broad SMARTS) is 1. The van der Waals surface area contributed by atoms with E-state index < -0.39 is 49.3 Å². The summed E-state index contributed by atoms with van der Waals surface area (Å²) in [6.45, 7) is -1.71. The number of nitrogens with zero attached hydrogens (tertiary/aromatic N) is 2. The van der Waals surface area contributed by atoms with Gasteiger partial charge in [0.05, 0.1) is 6.54 Å². The Labute approximate surface area is 180 Å². The highest BCUT2D eigenvalue weighted by Crippen LogP contribution is 2.28. The topological polar surface area (TPSA) is 131 Å². The van der Waals surface area contributed by atoms with E-state index in [0.717, 1.165) is 4.90 Å². The molecule has 2 fully saturated rings. The number of rotatable bonds is 5. The molecule has 3 rings (SSSR count). The van der Waals surface area contributed by atoms with Crippen LogP contribution in [-0.2, 0) is 14.4 Å². The van der Waals surface area contributed by atoms with Gasteiger partial charge in [-0.1, -0.05) is 6.07 Å². The number of anilines is 2. The molecule has 2 atom stereocenters. The third-order valence-corrected chi connectivity index (χ3v) is 5.21. The molecule has 32 heavy (non-hydrogen) atoms. The summed E-state index contributed by atoms with van der Waals surface area (Å²) in [6, 6.07) is 3.58. The number of imide groups is 1. The molecule has 10 nitrogen and oxygen atoms in total. The van der Waals surface area contributed by atoms with Crippen LogP contribution in [0.1, 0.15) is 12.8 Å². The Hall–Kier alpha value is -3.35. The molecular weight excluding hydrogens is 435 g/mol. The van der Waals surface area contributed by atoms with Crippen molar-refractivity contribution >= 4 is 35.2 Å². The molecule has 0 bridgehead atoms. The van der Waals surface area contributed by atoms with E-state index in [9.17, 15) is 32.3 Å². The number of piperidine rings is 1. The smallest absolute Gasteiger partial charge is 0.407 e. The summed E-state index contributed by atoms with van der Waals surface area (Å²) >= 11 is 0. The van der Waals surface area contributed by atoms with Gasteiger partial charge in [0, 0.05) is 37.4 Å². The zero-order valence-electron chi connectivity index (χ0n) is 16.8. The van der Waals surface area contributed by atoms with Gasteiger partial charge in [0.2, 0.25) is 17.7 Å². The molecule has 4 amide bonds. The van der Waals surface area contributed by atoms with Crippen LogP contribution >= 0.6 is 0 Å². The van der Waals surface area contributed by atoms with Gasteiger partial charge < -0.3 is 20.6 Å². The third kappa shape index (κ3) is 5.87. The first-order valence-electron chi connectivity index (χ1n) is 9.81. The fourth-order valence-electron chi connectivity index (χ4n) is 3.60. The first kappa shape index (κ1) is 23.3.